The molecule has 8 nitrogen and oxygen atoms in total. The lowest BCUT2D eigenvalue weighted by Crippen LogP contribution is -2.39. The van der Waals surface area contributed by atoms with Crippen LogP contribution in [-0.2, 0) is 10.3 Å². The van der Waals surface area contributed by atoms with E-state index in [1.54, 1.807) is 26.0 Å². The van der Waals surface area contributed by atoms with Crippen molar-refractivity contribution < 1.29 is 39.5 Å². The molecule has 4 N–H and O–H groups in total. The van der Waals surface area contributed by atoms with Crippen molar-refractivity contribution in [2.45, 2.75) is 19.4 Å². The van der Waals surface area contributed by atoms with Gasteiger partial charge in [0.2, 0.25) is 11.6 Å². The smallest absolute Gasteiger partial charge is 0.201 e. The number of phenols is 4. The van der Waals surface area contributed by atoms with Gasteiger partial charge in [0.15, 0.2) is 5.78 Å². The van der Waals surface area contributed by atoms with Crippen LogP contribution in [0.5, 0.6) is 23.0 Å². The van der Waals surface area contributed by atoms with E-state index in [-0.39, 0.29) is 67.3 Å². The number of phenolic OH excluding ortho intramolecular Hbond substituents is 4. The van der Waals surface area contributed by atoms with Crippen LogP contribution in [0.2, 0.25) is 0 Å². The topological polar surface area (TPSA) is 141 Å². The molecule has 0 saturated carbocycles. The van der Waals surface area contributed by atoms with E-state index in [2.05, 4.69) is 0 Å². The lowest BCUT2D eigenvalue weighted by Gasteiger charge is -2.40. The molecule has 0 spiro atoms. The quantitative estimate of drug-likeness (QED) is 0.268. The highest BCUT2D eigenvalue weighted by Crippen LogP contribution is 2.54. The van der Waals surface area contributed by atoms with Crippen molar-refractivity contribution in [3.05, 3.63) is 116 Å². The number of hydrogen-bond acceptors (Lipinski definition) is 8. The highest BCUT2D eigenvalue weighted by atomic mass is 16.5. The molecule has 8 heteroatoms. The molecule has 2 aliphatic rings. The van der Waals surface area contributed by atoms with Gasteiger partial charge in [0.1, 0.15) is 28.6 Å². The number of methoxy groups -OCH3 is 1. The van der Waals surface area contributed by atoms with Gasteiger partial charge in [-0.25, -0.2) is 0 Å². The highest BCUT2D eigenvalue weighted by molar-refractivity contribution is 6.30. The largest absolute Gasteiger partial charge is 0.507 e. The summed E-state index contributed by atoms with van der Waals surface area (Å²) in [5.41, 5.74) is -1.07. The van der Waals surface area contributed by atoms with Crippen LogP contribution < -0.4 is 0 Å². The highest BCUT2D eigenvalue weighted by Gasteiger charge is 2.50. The molecule has 2 aliphatic carbocycles. The van der Waals surface area contributed by atoms with Crippen LogP contribution in [0.15, 0.2) is 54.6 Å². The van der Waals surface area contributed by atoms with Crippen molar-refractivity contribution in [2.75, 3.05) is 7.11 Å². The lowest BCUT2D eigenvalue weighted by molar-refractivity contribution is 0.0509. The molecule has 6 rings (SSSR count). The molecule has 0 bridgehead atoms. The normalized spacial score (nSPS) is 17.4. The van der Waals surface area contributed by atoms with Crippen molar-refractivity contribution in [3.63, 3.8) is 0 Å². The second-order valence-corrected chi connectivity index (χ2v) is 9.87. The Bertz CT molecular complexity index is 1820. The Labute approximate surface area is 222 Å². The number of benzene rings is 4. The zero-order valence-electron chi connectivity index (χ0n) is 21.1. The fourth-order valence-electron chi connectivity index (χ4n) is 6.00. The van der Waals surface area contributed by atoms with Crippen LogP contribution >= 0.6 is 0 Å². The van der Waals surface area contributed by atoms with E-state index in [1.165, 1.54) is 49.6 Å². The summed E-state index contributed by atoms with van der Waals surface area (Å²) in [6.45, 7) is 3.39. The number of aromatic hydroxyl groups is 4. The molecule has 0 aliphatic heterocycles. The number of carbonyl (C=O) groups excluding carboxylic acids is 3. The summed E-state index contributed by atoms with van der Waals surface area (Å²) in [5, 5.41) is 43.9. The minimum atomic E-state index is -1.78. The summed E-state index contributed by atoms with van der Waals surface area (Å²) in [6.07, 6.45) is 0. The molecule has 0 fully saturated rings. The van der Waals surface area contributed by atoms with Crippen LogP contribution in [-0.4, -0.2) is 44.9 Å². The third-order valence-corrected chi connectivity index (χ3v) is 7.59. The van der Waals surface area contributed by atoms with Gasteiger partial charge < -0.3 is 25.2 Å². The SMILES string of the molecule is COC1(c2ccc3c(c2O)C(=O)c2c(O)cc(C)cc2C3=O)c2cccc(O)c2C(=O)c2c(O)cc(C)cc21. The maximum absolute atomic E-state index is 13.7. The molecule has 0 aromatic heterocycles. The Balaban J connectivity index is 1.73. The van der Waals surface area contributed by atoms with Crippen molar-refractivity contribution in [2.24, 2.45) is 0 Å². The van der Waals surface area contributed by atoms with Crippen molar-refractivity contribution in [1.29, 1.82) is 0 Å². The molecule has 1 unspecified atom stereocenters. The summed E-state index contributed by atoms with van der Waals surface area (Å²) in [5.74, 6) is -3.61. The van der Waals surface area contributed by atoms with Crippen molar-refractivity contribution in [3.8, 4) is 23.0 Å². The Morgan fingerprint density at radius 3 is 1.90 bits per heavy atom. The van der Waals surface area contributed by atoms with E-state index in [0.717, 1.165) is 0 Å². The maximum atomic E-state index is 13.7. The number of ketones is 3. The average molecular weight is 523 g/mol. The summed E-state index contributed by atoms with van der Waals surface area (Å²) < 4.78 is 6.09. The summed E-state index contributed by atoms with van der Waals surface area (Å²) in [4.78, 5) is 40.6. The number of carbonyl (C=O) groups is 3. The molecule has 4 aromatic carbocycles. The van der Waals surface area contributed by atoms with Gasteiger partial charge in [-0.1, -0.05) is 24.3 Å². The van der Waals surface area contributed by atoms with Crippen molar-refractivity contribution >= 4 is 17.3 Å². The first-order chi connectivity index (χ1) is 18.5. The van der Waals surface area contributed by atoms with Crippen LogP contribution in [0.1, 0.15) is 75.6 Å². The first kappa shape index (κ1) is 24.4. The minimum Gasteiger partial charge on any atom is -0.507 e. The second kappa shape index (κ2) is 8.02. The molecule has 1 atom stereocenters. The number of rotatable bonds is 2. The Hall–Kier alpha value is -4.95. The van der Waals surface area contributed by atoms with Crippen molar-refractivity contribution in [1.82, 2.24) is 0 Å². The summed E-state index contributed by atoms with van der Waals surface area (Å²) in [7, 11) is 1.34. The Kier molecular flexibility index (Phi) is 5.02. The van der Waals surface area contributed by atoms with Gasteiger partial charge in [0.25, 0.3) is 0 Å². The van der Waals surface area contributed by atoms with Gasteiger partial charge in [-0.3, -0.25) is 14.4 Å². The first-order valence-electron chi connectivity index (χ1n) is 12.1. The third-order valence-electron chi connectivity index (χ3n) is 7.59. The van der Waals surface area contributed by atoms with Gasteiger partial charge >= 0.3 is 0 Å². The van der Waals surface area contributed by atoms with Gasteiger partial charge in [-0.05, 0) is 55.3 Å². The summed E-state index contributed by atoms with van der Waals surface area (Å²) in [6, 6.07) is 13.1. The van der Waals surface area contributed by atoms with Crippen LogP contribution in [0.4, 0.5) is 0 Å². The fourth-order valence-corrected chi connectivity index (χ4v) is 6.00. The minimum absolute atomic E-state index is 0.00514. The predicted octanol–water partition coefficient (Wildman–Crippen LogP) is 4.38. The molecule has 0 heterocycles. The number of hydrogen-bond donors (Lipinski definition) is 4. The van der Waals surface area contributed by atoms with E-state index in [4.69, 9.17) is 4.74 Å². The molecule has 0 radical (unpaired) electrons. The molecule has 4 aromatic rings. The van der Waals surface area contributed by atoms with Gasteiger partial charge in [0.05, 0.1) is 22.3 Å². The molecular formula is C31H22O8. The number of aryl methyl sites for hydroxylation is 2. The fraction of sp³-hybridized carbons (Fsp3) is 0.129. The van der Waals surface area contributed by atoms with Crippen LogP contribution in [0.25, 0.3) is 0 Å². The molecule has 194 valence electrons. The van der Waals surface area contributed by atoms with E-state index in [0.29, 0.717) is 11.1 Å². The maximum Gasteiger partial charge on any atom is 0.201 e. The second-order valence-electron chi connectivity index (χ2n) is 9.87. The van der Waals surface area contributed by atoms with E-state index in [9.17, 15) is 34.8 Å². The lowest BCUT2D eigenvalue weighted by atomic mass is 9.68. The Morgan fingerprint density at radius 1 is 0.590 bits per heavy atom. The predicted molar refractivity (Wildman–Crippen MR) is 139 cm³/mol. The first-order valence-corrected chi connectivity index (χ1v) is 12.1. The molecule has 39 heavy (non-hydrogen) atoms. The molecule has 0 amide bonds. The van der Waals surface area contributed by atoms with Gasteiger partial charge in [-0.2, -0.15) is 0 Å². The molecule has 0 saturated heterocycles. The van der Waals surface area contributed by atoms with E-state index in [1.807, 2.05) is 0 Å². The number of fused-ring (bicyclic) bond motifs is 4. The molecular weight excluding hydrogens is 500 g/mol. The van der Waals surface area contributed by atoms with E-state index < -0.39 is 28.7 Å². The monoisotopic (exact) mass is 522 g/mol. The van der Waals surface area contributed by atoms with E-state index >= 15 is 0 Å². The zero-order valence-corrected chi connectivity index (χ0v) is 21.1. The zero-order chi connectivity index (χ0) is 28.0. The van der Waals surface area contributed by atoms with Gasteiger partial charge in [-0.15, -0.1) is 0 Å². The van der Waals surface area contributed by atoms with Gasteiger partial charge in [0, 0.05) is 34.9 Å². The third kappa shape index (κ3) is 3.00. The standard InChI is InChI=1S/C31H22O8/c1-13-9-16-23(21(33)11-13)29(37)24-15(27(16)35)7-8-18(28(24)36)31(39-3)17-5-4-6-20(32)25(17)30(38)26-19(31)10-14(2)12-22(26)34/h4-12,32-34,36H,1-3H3. The Morgan fingerprint density at radius 2 is 1.21 bits per heavy atom. The van der Waals surface area contributed by atoms with Crippen LogP contribution in [0.3, 0.4) is 0 Å². The van der Waals surface area contributed by atoms with Crippen LogP contribution in [0, 0.1) is 13.8 Å². The summed E-state index contributed by atoms with van der Waals surface area (Å²) >= 11 is 0. The number of ether oxygens (including phenoxy) is 1. The average Bonchev–Trinajstić information content (AvgIpc) is 2.87.